The second kappa shape index (κ2) is 8.78. The van der Waals surface area contributed by atoms with Crippen molar-refractivity contribution in [2.45, 2.75) is 45.2 Å². The highest BCUT2D eigenvalue weighted by atomic mass is 16.2. The van der Waals surface area contributed by atoms with Crippen LogP contribution in [-0.2, 0) is 29.1 Å². The van der Waals surface area contributed by atoms with E-state index in [0.717, 1.165) is 35.6 Å². The molecule has 0 aliphatic carbocycles. The van der Waals surface area contributed by atoms with Crippen LogP contribution in [0.5, 0.6) is 0 Å². The van der Waals surface area contributed by atoms with Gasteiger partial charge in [-0.3, -0.25) is 9.59 Å². The minimum Gasteiger partial charge on any atom is -0.334 e. The molecule has 2 aromatic carbocycles. The third-order valence-corrected chi connectivity index (χ3v) is 5.87. The van der Waals surface area contributed by atoms with E-state index in [1.807, 2.05) is 54.6 Å². The van der Waals surface area contributed by atoms with Gasteiger partial charge in [0.25, 0.3) is 5.91 Å². The molecule has 1 N–H and O–H groups in total. The Morgan fingerprint density at radius 2 is 1.88 bits per heavy atom. The Bertz CT molecular complexity index is 1160. The molecule has 0 saturated heterocycles. The maximum absolute atomic E-state index is 12.9. The molecule has 5 rings (SSSR count). The molecule has 0 unspecified atom stereocenters. The van der Waals surface area contributed by atoms with E-state index in [2.05, 4.69) is 21.2 Å². The lowest BCUT2D eigenvalue weighted by Gasteiger charge is -2.23. The normalized spacial score (nSPS) is 15.8. The van der Waals surface area contributed by atoms with Gasteiger partial charge >= 0.3 is 0 Å². The summed E-state index contributed by atoms with van der Waals surface area (Å²) in [4.78, 5) is 29.9. The Morgan fingerprint density at radius 1 is 1.00 bits per heavy atom. The van der Waals surface area contributed by atoms with Gasteiger partial charge in [-0.15, -0.1) is 0 Å². The largest absolute Gasteiger partial charge is 0.334 e. The zero-order chi connectivity index (χ0) is 21.9. The molecule has 1 aromatic heterocycles. The average molecular weight is 428 g/mol. The van der Waals surface area contributed by atoms with E-state index in [9.17, 15) is 9.59 Å². The summed E-state index contributed by atoms with van der Waals surface area (Å²) in [5, 5.41) is 8.68. The summed E-state index contributed by atoms with van der Waals surface area (Å²) in [5.41, 5.74) is 3.92. The van der Waals surface area contributed by atoms with Crippen molar-refractivity contribution in [3.63, 3.8) is 0 Å². The fraction of sp³-hybridized carbons (Fsp3) is 0.280. The molecule has 0 bridgehead atoms. The van der Waals surface area contributed by atoms with E-state index in [0.29, 0.717) is 24.4 Å². The zero-order valence-electron chi connectivity index (χ0n) is 17.8. The number of rotatable bonds is 5. The molecule has 0 atom stereocenters. The van der Waals surface area contributed by atoms with Crippen LogP contribution < -0.4 is 5.32 Å². The number of hydrazone groups is 1. The molecule has 0 radical (unpaired) electrons. The Morgan fingerprint density at radius 3 is 2.72 bits per heavy atom. The van der Waals surface area contributed by atoms with Gasteiger partial charge in [0.1, 0.15) is 11.5 Å². The SMILES string of the molecule is O=C(Nc1cccc(-c2cn3c(n2)CCCC3)c1)C1=NN(Cc2ccccc2)C(=O)CC1. The molecular weight excluding hydrogens is 402 g/mol. The maximum Gasteiger partial charge on any atom is 0.271 e. The predicted octanol–water partition coefficient (Wildman–Crippen LogP) is 4.00. The number of aromatic nitrogens is 2. The summed E-state index contributed by atoms with van der Waals surface area (Å²) < 4.78 is 2.22. The first-order valence-electron chi connectivity index (χ1n) is 11.1. The second-order valence-corrected chi connectivity index (χ2v) is 8.21. The van der Waals surface area contributed by atoms with Crippen molar-refractivity contribution in [1.82, 2.24) is 14.6 Å². The van der Waals surface area contributed by atoms with Gasteiger partial charge < -0.3 is 9.88 Å². The van der Waals surface area contributed by atoms with Crippen LogP contribution in [0.1, 0.15) is 37.1 Å². The van der Waals surface area contributed by atoms with Gasteiger partial charge in [0.05, 0.1) is 12.2 Å². The highest BCUT2D eigenvalue weighted by molar-refractivity contribution is 6.43. The van der Waals surface area contributed by atoms with Crippen LogP contribution in [0, 0.1) is 0 Å². The highest BCUT2D eigenvalue weighted by Crippen LogP contribution is 2.25. The molecule has 2 aliphatic heterocycles. The number of nitrogens with one attached hydrogen (secondary N) is 1. The Balaban J connectivity index is 1.31. The Hall–Kier alpha value is -3.74. The number of hydrogen-bond acceptors (Lipinski definition) is 4. The second-order valence-electron chi connectivity index (χ2n) is 8.21. The topological polar surface area (TPSA) is 79.6 Å². The third-order valence-electron chi connectivity index (χ3n) is 5.87. The minimum absolute atomic E-state index is 0.0730. The van der Waals surface area contributed by atoms with Crippen LogP contribution in [0.25, 0.3) is 11.3 Å². The molecule has 3 heterocycles. The van der Waals surface area contributed by atoms with Crippen LogP contribution >= 0.6 is 0 Å². The van der Waals surface area contributed by atoms with Crippen LogP contribution in [-0.4, -0.2) is 32.1 Å². The van der Waals surface area contributed by atoms with E-state index in [1.165, 1.54) is 17.9 Å². The third kappa shape index (κ3) is 4.32. The van der Waals surface area contributed by atoms with Gasteiger partial charge in [-0.1, -0.05) is 42.5 Å². The van der Waals surface area contributed by atoms with Gasteiger partial charge in [0.2, 0.25) is 5.91 Å². The molecule has 0 saturated carbocycles. The van der Waals surface area contributed by atoms with E-state index < -0.39 is 0 Å². The quantitative estimate of drug-likeness (QED) is 0.668. The summed E-state index contributed by atoms with van der Waals surface area (Å²) in [6.07, 6.45) is 6.08. The lowest BCUT2D eigenvalue weighted by molar-refractivity contribution is -0.132. The minimum atomic E-state index is -0.281. The van der Waals surface area contributed by atoms with Crippen molar-refractivity contribution >= 4 is 23.2 Å². The van der Waals surface area contributed by atoms with Crippen molar-refractivity contribution < 1.29 is 9.59 Å². The summed E-state index contributed by atoms with van der Waals surface area (Å²) in [5.74, 6) is 0.772. The number of carbonyl (C=O) groups is 2. The molecule has 162 valence electrons. The standard InChI is InChI=1S/C25H25N5O2/c31-24-13-12-21(28-30(24)16-18-7-2-1-3-8-18)25(32)26-20-10-6-9-19(15-20)22-17-29-14-5-4-11-23(29)27-22/h1-3,6-10,15,17H,4-5,11-14,16H2,(H,26,32). The molecule has 0 spiro atoms. The first-order valence-corrected chi connectivity index (χ1v) is 11.1. The number of imidazole rings is 1. The van der Waals surface area contributed by atoms with Gasteiger partial charge in [-0.05, 0) is 30.5 Å². The molecular formula is C25H25N5O2. The van der Waals surface area contributed by atoms with Crippen LogP contribution in [0.15, 0.2) is 65.9 Å². The summed E-state index contributed by atoms with van der Waals surface area (Å²) in [6, 6.07) is 17.4. The van der Waals surface area contributed by atoms with Crippen molar-refractivity contribution in [2.24, 2.45) is 5.10 Å². The first-order chi connectivity index (χ1) is 15.7. The number of hydrogen-bond donors (Lipinski definition) is 1. The fourth-order valence-corrected chi connectivity index (χ4v) is 4.16. The highest BCUT2D eigenvalue weighted by Gasteiger charge is 2.24. The summed E-state index contributed by atoms with van der Waals surface area (Å²) in [6.45, 7) is 1.37. The monoisotopic (exact) mass is 427 g/mol. The summed E-state index contributed by atoms with van der Waals surface area (Å²) in [7, 11) is 0. The number of carbonyl (C=O) groups excluding carboxylic acids is 2. The molecule has 2 aliphatic rings. The van der Waals surface area contributed by atoms with Gasteiger partial charge in [0, 0.05) is 43.3 Å². The number of fused-ring (bicyclic) bond motifs is 1. The van der Waals surface area contributed by atoms with Crippen LogP contribution in [0.4, 0.5) is 5.69 Å². The number of benzene rings is 2. The maximum atomic E-state index is 12.9. The first kappa shape index (κ1) is 20.2. The molecule has 0 fully saturated rings. The molecule has 7 heteroatoms. The molecule has 32 heavy (non-hydrogen) atoms. The van der Waals surface area contributed by atoms with E-state index >= 15 is 0 Å². The lowest BCUT2D eigenvalue weighted by atomic mass is 10.1. The lowest BCUT2D eigenvalue weighted by Crippen LogP contribution is -2.36. The van der Waals surface area contributed by atoms with Crippen LogP contribution in [0.3, 0.4) is 0 Å². The summed E-state index contributed by atoms with van der Waals surface area (Å²) >= 11 is 0. The number of anilines is 1. The van der Waals surface area contributed by atoms with Gasteiger partial charge in [-0.25, -0.2) is 9.99 Å². The number of amides is 2. The fourth-order valence-electron chi connectivity index (χ4n) is 4.16. The number of aryl methyl sites for hydroxylation is 2. The Kier molecular flexibility index (Phi) is 5.54. The van der Waals surface area contributed by atoms with Crippen molar-refractivity contribution in [1.29, 1.82) is 0 Å². The molecule has 3 aromatic rings. The Labute approximate surface area is 186 Å². The smallest absolute Gasteiger partial charge is 0.271 e. The van der Waals surface area contributed by atoms with E-state index in [1.54, 1.807) is 0 Å². The van der Waals surface area contributed by atoms with E-state index in [4.69, 9.17) is 4.98 Å². The predicted molar refractivity (Wildman–Crippen MR) is 123 cm³/mol. The van der Waals surface area contributed by atoms with Crippen molar-refractivity contribution in [3.05, 3.63) is 72.2 Å². The molecule has 7 nitrogen and oxygen atoms in total. The molecule has 2 amide bonds. The van der Waals surface area contributed by atoms with Crippen LogP contribution in [0.2, 0.25) is 0 Å². The van der Waals surface area contributed by atoms with Gasteiger partial charge in [-0.2, -0.15) is 5.10 Å². The van der Waals surface area contributed by atoms with E-state index in [-0.39, 0.29) is 18.2 Å². The number of nitrogens with zero attached hydrogens (tertiary/aromatic N) is 4. The average Bonchev–Trinajstić information content (AvgIpc) is 3.26. The van der Waals surface area contributed by atoms with Crippen molar-refractivity contribution in [2.75, 3.05) is 5.32 Å². The van der Waals surface area contributed by atoms with Crippen molar-refractivity contribution in [3.8, 4) is 11.3 Å². The zero-order valence-corrected chi connectivity index (χ0v) is 17.8. The van der Waals surface area contributed by atoms with Gasteiger partial charge in [0.15, 0.2) is 0 Å².